The van der Waals surface area contributed by atoms with Gasteiger partial charge in [-0.05, 0) is 32.4 Å². The molecule has 0 atom stereocenters. The molecule has 0 amide bonds. The summed E-state index contributed by atoms with van der Waals surface area (Å²) in [5.41, 5.74) is 0.348. The van der Waals surface area contributed by atoms with Gasteiger partial charge in [0.15, 0.2) is 0 Å². The van der Waals surface area contributed by atoms with Crippen molar-refractivity contribution in [2.24, 2.45) is 0 Å². The third kappa shape index (κ3) is 22.4. The van der Waals surface area contributed by atoms with Crippen molar-refractivity contribution >= 4 is 5.97 Å². The first-order chi connectivity index (χ1) is 15.6. The van der Waals surface area contributed by atoms with Gasteiger partial charge in [-0.1, -0.05) is 136 Å². The molecule has 0 aliphatic carbocycles. The molecule has 190 valence electrons. The van der Waals surface area contributed by atoms with Crippen LogP contribution >= 0.6 is 0 Å². The molecule has 0 saturated heterocycles. The molecule has 0 aliphatic heterocycles. The van der Waals surface area contributed by atoms with E-state index in [0.717, 1.165) is 19.6 Å². The summed E-state index contributed by atoms with van der Waals surface area (Å²) in [7, 11) is 0. The van der Waals surface area contributed by atoms with Crippen molar-refractivity contribution in [3.63, 3.8) is 0 Å². The molecule has 0 aliphatic rings. The quantitative estimate of drug-likeness (QED) is 0.105. The lowest BCUT2D eigenvalue weighted by atomic mass is 10.1. The fraction of sp³-hybridized carbons (Fsp3) is 0.897. The molecule has 0 spiro atoms. The van der Waals surface area contributed by atoms with Gasteiger partial charge in [0.2, 0.25) is 0 Å². The van der Waals surface area contributed by atoms with E-state index in [-0.39, 0.29) is 0 Å². The van der Waals surface area contributed by atoms with E-state index < -0.39 is 5.97 Å². The predicted molar refractivity (Wildman–Crippen MR) is 142 cm³/mol. The molecule has 0 heterocycles. The van der Waals surface area contributed by atoms with E-state index in [4.69, 9.17) is 5.11 Å². The Morgan fingerprint density at radius 1 is 0.562 bits per heavy atom. The third-order valence-electron chi connectivity index (χ3n) is 6.69. The summed E-state index contributed by atoms with van der Waals surface area (Å²) in [4.78, 5) is 13.6. The van der Waals surface area contributed by atoms with Gasteiger partial charge < -0.3 is 10.0 Å². The maximum absolute atomic E-state index is 11.1. The second-order valence-corrected chi connectivity index (χ2v) is 9.86. The number of rotatable bonds is 26. The average Bonchev–Trinajstić information content (AvgIpc) is 2.78. The van der Waals surface area contributed by atoms with E-state index in [1.165, 1.54) is 128 Å². The molecule has 3 nitrogen and oxygen atoms in total. The van der Waals surface area contributed by atoms with Crippen molar-refractivity contribution in [3.8, 4) is 0 Å². The van der Waals surface area contributed by atoms with Crippen molar-refractivity contribution in [2.75, 3.05) is 19.6 Å². The summed E-state index contributed by atoms with van der Waals surface area (Å²) in [6.07, 6.45) is 27.8. The van der Waals surface area contributed by atoms with Crippen LogP contribution in [0.1, 0.15) is 149 Å². The SMILES string of the molecule is C=C(CCN(CCCCCCCCCCCC)CCCCCCCCCCCC)C(=O)O. The first kappa shape index (κ1) is 31.2. The minimum atomic E-state index is -0.845. The van der Waals surface area contributed by atoms with Crippen LogP contribution in [0.3, 0.4) is 0 Å². The van der Waals surface area contributed by atoms with Crippen molar-refractivity contribution in [1.29, 1.82) is 0 Å². The van der Waals surface area contributed by atoms with Gasteiger partial charge in [0.05, 0.1) is 0 Å². The second-order valence-electron chi connectivity index (χ2n) is 9.86. The molecule has 0 bridgehead atoms. The summed E-state index contributed by atoms with van der Waals surface area (Å²) in [6.45, 7) is 11.3. The number of nitrogens with zero attached hydrogens (tertiary/aromatic N) is 1. The van der Waals surface area contributed by atoms with Crippen LogP contribution in [-0.4, -0.2) is 35.6 Å². The van der Waals surface area contributed by atoms with Crippen molar-refractivity contribution in [1.82, 2.24) is 4.90 Å². The highest BCUT2D eigenvalue weighted by Gasteiger charge is 2.09. The van der Waals surface area contributed by atoms with E-state index in [1.807, 2.05) is 0 Å². The van der Waals surface area contributed by atoms with E-state index in [9.17, 15) is 4.79 Å². The fourth-order valence-electron chi connectivity index (χ4n) is 4.38. The maximum atomic E-state index is 11.1. The minimum Gasteiger partial charge on any atom is -0.478 e. The van der Waals surface area contributed by atoms with E-state index in [2.05, 4.69) is 25.3 Å². The van der Waals surface area contributed by atoms with Crippen molar-refractivity contribution < 1.29 is 9.90 Å². The molecule has 0 aromatic rings. The predicted octanol–water partition coefficient (Wildman–Crippen LogP) is 9.16. The first-order valence-corrected chi connectivity index (χ1v) is 14.2. The Hall–Kier alpha value is -0.830. The topological polar surface area (TPSA) is 40.5 Å². The van der Waals surface area contributed by atoms with Crippen LogP contribution in [0.5, 0.6) is 0 Å². The Labute approximate surface area is 201 Å². The third-order valence-corrected chi connectivity index (χ3v) is 6.69. The summed E-state index contributed by atoms with van der Waals surface area (Å²) in [5.74, 6) is -0.845. The van der Waals surface area contributed by atoms with Gasteiger partial charge in [0, 0.05) is 12.1 Å². The highest BCUT2D eigenvalue weighted by Crippen LogP contribution is 2.13. The molecular formula is C29H57NO2. The Balaban J connectivity index is 3.86. The number of hydrogen-bond donors (Lipinski definition) is 1. The monoisotopic (exact) mass is 451 g/mol. The lowest BCUT2D eigenvalue weighted by Crippen LogP contribution is -2.28. The van der Waals surface area contributed by atoms with Crippen LogP contribution in [0.25, 0.3) is 0 Å². The lowest BCUT2D eigenvalue weighted by Gasteiger charge is -2.22. The van der Waals surface area contributed by atoms with Crippen molar-refractivity contribution in [2.45, 2.75) is 149 Å². The number of unbranched alkanes of at least 4 members (excludes halogenated alkanes) is 18. The van der Waals surface area contributed by atoms with Gasteiger partial charge >= 0.3 is 5.97 Å². The van der Waals surface area contributed by atoms with Gasteiger partial charge in [-0.25, -0.2) is 4.79 Å². The molecule has 0 aromatic carbocycles. The normalized spacial score (nSPS) is 11.3. The van der Waals surface area contributed by atoms with E-state index in [1.54, 1.807) is 0 Å². The van der Waals surface area contributed by atoms with Crippen LogP contribution in [-0.2, 0) is 4.79 Å². The Morgan fingerprint density at radius 3 is 1.19 bits per heavy atom. The number of hydrogen-bond acceptors (Lipinski definition) is 2. The molecule has 0 radical (unpaired) electrons. The van der Waals surface area contributed by atoms with Crippen LogP contribution in [0, 0.1) is 0 Å². The lowest BCUT2D eigenvalue weighted by molar-refractivity contribution is -0.132. The van der Waals surface area contributed by atoms with Gasteiger partial charge in [-0.15, -0.1) is 0 Å². The zero-order chi connectivity index (χ0) is 23.7. The minimum absolute atomic E-state index is 0.348. The van der Waals surface area contributed by atoms with Crippen LogP contribution in [0.4, 0.5) is 0 Å². The smallest absolute Gasteiger partial charge is 0.331 e. The standard InChI is InChI=1S/C29H57NO2/c1-4-6-8-10-12-14-16-18-20-22-25-30(27-24-28(3)29(31)32)26-23-21-19-17-15-13-11-9-7-5-2/h3-27H2,1-2H3,(H,31,32). The van der Waals surface area contributed by atoms with Crippen LogP contribution < -0.4 is 0 Å². The fourth-order valence-corrected chi connectivity index (χ4v) is 4.38. The summed E-state index contributed by atoms with van der Waals surface area (Å²) in [5, 5.41) is 9.11. The number of carboxylic acids is 1. The van der Waals surface area contributed by atoms with Crippen LogP contribution in [0.2, 0.25) is 0 Å². The Bertz CT molecular complexity index is 397. The Kier molecular flexibility index (Phi) is 24.2. The molecule has 32 heavy (non-hydrogen) atoms. The maximum Gasteiger partial charge on any atom is 0.331 e. The van der Waals surface area contributed by atoms with E-state index >= 15 is 0 Å². The van der Waals surface area contributed by atoms with Gasteiger partial charge in [0.1, 0.15) is 0 Å². The van der Waals surface area contributed by atoms with E-state index in [0.29, 0.717) is 12.0 Å². The molecule has 0 rings (SSSR count). The largest absolute Gasteiger partial charge is 0.478 e. The highest BCUT2D eigenvalue weighted by molar-refractivity contribution is 5.85. The average molecular weight is 452 g/mol. The number of carbonyl (C=O) groups is 1. The zero-order valence-electron chi connectivity index (χ0n) is 22.0. The van der Waals surface area contributed by atoms with Gasteiger partial charge in [-0.2, -0.15) is 0 Å². The Morgan fingerprint density at radius 2 is 0.875 bits per heavy atom. The molecule has 0 aromatic heterocycles. The summed E-state index contributed by atoms with van der Waals surface area (Å²) >= 11 is 0. The van der Waals surface area contributed by atoms with Gasteiger partial charge in [-0.3, -0.25) is 0 Å². The number of carboxylic acid groups (broad SMARTS) is 1. The summed E-state index contributed by atoms with van der Waals surface area (Å²) < 4.78 is 0. The summed E-state index contributed by atoms with van der Waals surface area (Å²) in [6, 6.07) is 0. The molecular weight excluding hydrogens is 394 g/mol. The molecule has 1 N–H and O–H groups in total. The van der Waals surface area contributed by atoms with Gasteiger partial charge in [0.25, 0.3) is 0 Å². The second kappa shape index (κ2) is 24.8. The van der Waals surface area contributed by atoms with Crippen molar-refractivity contribution in [3.05, 3.63) is 12.2 Å². The molecule has 3 heteroatoms. The molecule has 0 unspecified atom stereocenters. The zero-order valence-corrected chi connectivity index (χ0v) is 22.0. The molecule has 0 fully saturated rings. The first-order valence-electron chi connectivity index (χ1n) is 14.2. The molecule has 0 saturated carbocycles. The highest BCUT2D eigenvalue weighted by atomic mass is 16.4. The number of aliphatic carboxylic acids is 1. The van der Waals surface area contributed by atoms with Crippen LogP contribution in [0.15, 0.2) is 12.2 Å².